The molecule has 242 valence electrons. The van der Waals surface area contributed by atoms with Gasteiger partial charge in [-0.3, -0.25) is 9.59 Å². The lowest BCUT2D eigenvalue weighted by atomic mass is 9.97. The van der Waals surface area contributed by atoms with E-state index in [1.54, 1.807) is 19.1 Å². The Hall–Kier alpha value is -3.67. The van der Waals surface area contributed by atoms with Crippen molar-refractivity contribution in [3.05, 3.63) is 74.6 Å². The van der Waals surface area contributed by atoms with E-state index < -0.39 is 11.9 Å². The van der Waals surface area contributed by atoms with Gasteiger partial charge in [-0.25, -0.2) is 14.6 Å². The Morgan fingerprint density at radius 2 is 1.51 bits per heavy atom. The zero-order valence-electron chi connectivity index (χ0n) is 26.5. The quantitative estimate of drug-likeness (QED) is 0.199. The molecule has 5 rings (SSSR count). The van der Waals surface area contributed by atoms with Gasteiger partial charge in [-0.2, -0.15) is 0 Å². The number of benzene rings is 2. The first kappa shape index (κ1) is 35.8. The van der Waals surface area contributed by atoms with Gasteiger partial charge in [0.25, 0.3) is 0 Å². The molecule has 0 amide bonds. The maximum atomic E-state index is 11.5. The van der Waals surface area contributed by atoms with Crippen LogP contribution >= 0.6 is 15.9 Å². The van der Waals surface area contributed by atoms with Crippen molar-refractivity contribution in [1.29, 1.82) is 0 Å². The summed E-state index contributed by atoms with van der Waals surface area (Å²) in [6.45, 7) is 13.9. The molecule has 3 unspecified atom stereocenters. The summed E-state index contributed by atoms with van der Waals surface area (Å²) in [5, 5.41) is 18.3. The van der Waals surface area contributed by atoms with E-state index in [0.29, 0.717) is 56.7 Å². The summed E-state index contributed by atoms with van der Waals surface area (Å²) in [4.78, 5) is 51.8. The molecule has 1 saturated heterocycles. The van der Waals surface area contributed by atoms with Crippen LogP contribution in [0, 0.1) is 19.8 Å². The Morgan fingerprint density at radius 3 is 2.02 bits per heavy atom. The number of carboxylic acids is 2. The molecule has 10 nitrogen and oxygen atoms in total. The number of nitrogens with zero attached hydrogens (tertiary/aromatic N) is 1. The van der Waals surface area contributed by atoms with Gasteiger partial charge in [0.1, 0.15) is 12.1 Å². The van der Waals surface area contributed by atoms with Gasteiger partial charge in [0.05, 0.1) is 53.8 Å². The SMILES string of the molecule is CC1COCC(Br)C1=O.CCc1cc(C)c(-c2nc3c([nH]2)COCC3C)cc1C(=O)O.CCc1cc(C)c(C=O)cc1C(=O)O. The van der Waals surface area contributed by atoms with Crippen LogP contribution in [0.25, 0.3) is 11.4 Å². The molecule has 0 radical (unpaired) electrons. The number of ether oxygens (including phenoxy) is 2. The number of Topliss-reactive ketones (excluding diaryl/α,β-unsaturated/α-hetero) is 1. The number of H-pyrrole nitrogens is 1. The fourth-order valence-corrected chi connectivity index (χ4v) is 5.86. The summed E-state index contributed by atoms with van der Waals surface area (Å²) < 4.78 is 10.6. The van der Waals surface area contributed by atoms with Crippen LogP contribution in [0.3, 0.4) is 0 Å². The second-order valence-corrected chi connectivity index (χ2v) is 12.4. The number of halogens is 1. The number of hydrogen-bond acceptors (Lipinski definition) is 7. The minimum atomic E-state index is -0.982. The number of nitrogens with one attached hydrogen (secondary N) is 1. The van der Waals surface area contributed by atoms with Crippen molar-refractivity contribution in [2.45, 2.75) is 71.7 Å². The highest BCUT2D eigenvalue weighted by Crippen LogP contribution is 2.31. The Balaban J connectivity index is 0.000000205. The summed E-state index contributed by atoms with van der Waals surface area (Å²) >= 11 is 3.22. The van der Waals surface area contributed by atoms with Gasteiger partial charge in [0.15, 0.2) is 5.78 Å². The Labute approximate surface area is 271 Å². The summed E-state index contributed by atoms with van der Waals surface area (Å²) in [6, 6.07) is 6.86. The van der Waals surface area contributed by atoms with Crippen LogP contribution in [0.1, 0.15) is 98.3 Å². The highest BCUT2D eigenvalue weighted by atomic mass is 79.9. The van der Waals surface area contributed by atoms with Gasteiger partial charge in [0, 0.05) is 23.0 Å². The number of carbonyl (C=O) groups excluding carboxylic acids is 2. The van der Waals surface area contributed by atoms with Crippen LogP contribution in [0.4, 0.5) is 0 Å². The first-order chi connectivity index (χ1) is 21.3. The molecule has 1 fully saturated rings. The van der Waals surface area contributed by atoms with Gasteiger partial charge in [0.2, 0.25) is 0 Å². The van der Waals surface area contributed by atoms with E-state index in [1.165, 1.54) is 6.07 Å². The Kier molecular flexibility index (Phi) is 12.8. The molecule has 45 heavy (non-hydrogen) atoms. The van der Waals surface area contributed by atoms with Crippen LogP contribution in [0.5, 0.6) is 0 Å². The highest BCUT2D eigenvalue weighted by molar-refractivity contribution is 9.10. The number of aryl methyl sites for hydroxylation is 4. The van der Waals surface area contributed by atoms with Crippen LogP contribution < -0.4 is 0 Å². The second kappa shape index (κ2) is 16.1. The number of aromatic nitrogens is 2. The van der Waals surface area contributed by atoms with Gasteiger partial charge in [-0.15, -0.1) is 0 Å². The molecular formula is C34H41BrN2O8. The first-order valence-corrected chi connectivity index (χ1v) is 15.8. The molecule has 2 aliphatic rings. The number of ketones is 1. The summed E-state index contributed by atoms with van der Waals surface area (Å²) in [5.74, 6) is -0.562. The molecule has 0 spiro atoms. The number of aromatic amines is 1. The van der Waals surface area contributed by atoms with Crippen molar-refractivity contribution >= 4 is 39.9 Å². The minimum Gasteiger partial charge on any atom is -0.478 e. The monoisotopic (exact) mass is 684 g/mol. The normalized spacial score (nSPS) is 18.9. The van der Waals surface area contributed by atoms with E-state index in [4.69, 9.17) is 19.6 Å². The molecule has 3 aromatic rings. The topological polar surface area (TPSA) is 156 Å². The fourth-order valence-electron chi connectivity index (χ4n) is 5.22. The van der Waals surface area contributed by atoms with E-state index in [1.807, 2.05) is 33.8 Å². The standard InChI is InChI=1S/C17H20N2O3.C11H12O3.C6H9BrO2/c1-4-11-5-9(2)12(6-13(11)17(20)21)16-18-14-8-22-7-10(3)15(14)19-16;1-3-8-4-7(2)9(6-12)5-10(8)11(13)14;1-4-2-9-3-5(7)6(4)8/h5-6,10H,4,7-8H2,1-3H3,(H,18,19)(H,20,21);4-6H,3H2,1-2H3,(H,13,14);4-5H,2-3H2,1H3. The van der Waals surface area contributed by atoms with Crippen molar-refractivity contribution in [2.75, 3.05) is 19.8 Å². The summed E-state index contributed by atoms with van der Waals surface area (Å²) in [5.41, 5.74) is 7.34. The lowest BCUT2D eigenvalue weighted by Gasteiger charge is -2.20. The van der Waals surface area contributed by atoms with Crippen molar-refractivity contribution in [3.8, 4) is 11.4 Å². The zero-order chi connectivity index (χ0) is 33.4. The molecule has 0 aliphatic carbocycles. The highest BCUT2D eigenvalue weighted by Gasteiger charge is 2.26. The van der Waals surface area contributed by atoms with Crippen LogP contribution in [-0.2, 0) is 33.7 Å². The second-order valence-electron chi connectivity index (χ2n) is 11.3. The molecule has 11 heteroatoms. The van der Waals surface area contributed by atoms with E-state index in [2.05, 4.69) is 27.8 Å². The largest absolute Gasteiger partial charge is 0.478 e. The summed E-state index contributed by atoms with van der Waals surface area (Å²) in [7, 11) is 0. The molecule has 3 N–H and O–H groups in total. The maximum Gasteiger partial charge on any atom is 0.335 e. The third-order valence-corrected chi connectivity index (χ3v) is 8.58. The molecule has 2 aliphatic heterocycles. The number of alkyl halides is 1. The number of carboxylic acid groups (broad SMARTS) is 2. The van der Waals surface area contributed by atoms with E-state index in [0.717, 1.165) is 45.0 Å². The Morgan fingerprint density at radius 1 is 0.933 bits per heavy atom. The van der Waals surface area contributed by atoms with Crippen molar-refractivity contribution in [2.24, 2.45) is 5.92 Å². The molecule has 3 atom stereocenters. The molecule has 0 saturated carbocycles. The predicted molar refractivity (Wildman–Crippen MR) is 174 cm³/mol. The zero-order valence-corrected chi connectivity index (χ0v) is 28.1. The number of imidazole rings is 1. The van der Waals surface area contributed by atoms with Gasteiger partial charge >= 0.3 is 11.9 Å². The van der Waals surface area contributed by atoms with Crippen LogP contribution in [0.2, 0.25) is 0 Å². The lowest BCUT2D eigenvalue weighted by molar-refractivity contribution is -0.128. The van der Waals surface area contributed by atoms with E-state index in [9.17, 15) is 24.3 Å². The van der Waals surface area contributed by atoms with Crippen molar-refractivity contribution in [1.82, 2.24) is 9.97 Å². The van der Waals surface area contributed by atoms with Gasteiger partial charge in [-0.1, -0.05) is 55.8 Å². The third-order valence-electron chi connectivity index (χ3n) is 7.87. The molecule has 2 aromatic carbocycles. The van der Waals surface area contributed by atoms with E-state index in [-0.39, 0.29) is 28.0 Å². The van der Waals surface area contributed by atoms with Gasteiger partial charge in [-0.05, 0) is 61.1 Å². The van der Waals surface area contributed by atoms with Crippen molar-refractivity contribution in [3.63, 3.8) is 0 Å². The van der Waals surface area contributed by atoms with Crippen LogP contribution in [-0.4, -0.2) is 68.8 Å². The number of hydrogen-bond donors (Lipinski definition) is 3. The fraction of sp³-hybridized carbons (Fsp3) is 0.441. The lowest BCUT2D eigenvalue weighted by Crippen LogP contribution is -2.34. The number of aldehydes is 1. The molecule has 0 bridgehead atoms. The molecule has 3 heterocycles. The van der Waals surface area contributed by atoms with E-state index >= 15 is 0 Å². The first-order valence-electron chi connectivity index (χ1n) is 14.9. The number of rotatable bonds is 6. The van der Waals surface area contributed by atoms with Crippen LogP contribution in [0.15, 0.2) is 24.3 Å². The average molecular weight is 686 g/mol. The maximum absolute atomic E-state index is 11.5. The molecule has 1 aromatic heterocycles. The number of aromatic carboxylic acids is 2. The third kappa shape index (κ3) is 8.74. The summed E-state index contributed by atoms with van der Waals surface area (Å²) in [6.07, 6.45) is 2.03. The minimum absolute atomic E-state index is 0.0683. The smallest absolute Gasteiger partial charge is 0.335 e. The Bertz CT molecular complexity index is 1550. The average Bonchev–Trinajstić information content (AvgIpc) is 3.45. The van der Waals surface area contributed by atoms with Gasteiger partial charge < -0.3 is 24.7 Å². The molecular weight excluding hydrogens is 644 g/mol. The predicted octanol–water partition coefficient (Wildman–Crippen LogP) is 6.33. The number of carbonyl (C=O) groups is 4. The van der Waals surface area contributed by atoms with Crippen molar-refractivity contribution < 1.29 is 38.9 Å². The number of fused-ring (bicyclic) bond motifs is 1.